The monoisotopic (exact) mass is 310 g/mol. The molecule has 1 aromatic heterocycles. The second-order valence-electron chi connectivity index (χ2n) is 4.19. The van der Waals surface area contributed by atoms with Crippen molar-refractivity contribution < 1.29 is 23.5 Å². The van der Waals surface area contributed by atoms with Gasteiger partial charge in [-0.05, 0) is 36.6 Å². The summed E-state index contributed by atoms with van der Waals surface area (Å²) in [6.07, 6.45) is -1.17. The third-order valence-corrected chi connectivity index (χ3v) is 3.68. The number of carbonyl (C=O) groups excluding carboxylic acids is 3. The molecule has 0 fully saturated rings. The Morgan fingerprint density at radius 3 is 2.71 bits per heavy atom. The van der Waals surface area contributed by atoms with Gasteiger partial charge < -0.3 is 10.5 Å². The van der Waals surface area contributed by atoms with E-state index in [0.717, 1.165) is 16.0 Å². The van der Waals surface area contributed by atoms with Crippen LogP contribution in [0.3, 0.4) is 0 Å². The van der Waals surface area contributed by atoms with E-state index in [1.165, 1.54) is 25.1 Å². The van der Waals surface area contributed by atoms with E-state index in [1.807, 2.05) is 5.32 Å². The summed E-state index contributed by atoms with van der Waals surface area (Å²) in [4.78, 5) is 34.1. The zero-order valence-electron chi connectivity index (χ0n) is 10.9. The highest BCUT2D eigenvalue weighted by molar-refractivity contribution is 7.20. The van der Waals surface area contributed by atoms with Gasteiger partial charge in [-0.3, -0.25) is 10.1 Å². The van der Waals surface area contributed by atoms with Crippen molar-refractivity contribution in [2.45, 2.75) is 13.0 Å². The van der Waals surface area contributed by atoms with E-state index in [-0.39, 0.29) is 4.88 Å². The quantitative estimate of drug-likeness (QED) is 0.844. The summed E-state index contributed by atoms with van der Waals surface area (Å²) in [6.45, 7) is 1.31. The lowest BCUT2D eigenvalue weighted by Crippen LogP contribution is -2.42. The molecule has 2 rings (SSSR count). The molecule has 0 bridgehead atoms. The molecule has 0 radical (unpaired) electrons. The molecule has 1 atom stereocenters. The van der Waals surface area contributed by atoms with Gasteiger partial charge in [0.15, 0.2) is 6.10 Å². The number of fused-ring (bicyclic) bond motifs is 1. The van der Waals surface area contributed by atoms with Crippen molar-refractivity contribution in [1.82, 2.24) is 5.32 Å². The molecular weight excluding hydrogens is 299 g/mol. The molecule has 0 saturated carbocycles. The van der Waals surface area contributed by atoms with Crippen molar-refractivity contribution >= 4 is 39.3 Å². The molecule has 1 heterocycles. The van der Waals surface area contributed by atoms with Crippen molar-refractivity contribution in [3.05, 3.63) is 35.0 Å². The van der Waals surface area contributed by atoms with Gasteiger partial charge in [-0.15, -0.1) is 11.3 Å². The predicted molar refractivity (Wildman–Crippen MR) is 74.4 cm³/mol. The first-order chi connectivity index (χ1) is 9.86. The zero-order chi connectivity index (χ0) is 15.6. The van der Waals surface area contributed by atoms with Crippen LogP contribution in [-0.2, 0) is 9.53 Å². The van der Waals surface area contributed by atoms with Crippen molar-refractivity contribution in [3.8, 4) is 0 Å². The number of amides is 3. The highest BCUT2D eigenvalue weighted by Crippen LogP contribution is 2.27. The smallest absolute Gasteiger partial charge is 0.349 e. The van der Waals surface area contributed by atoms with Gasteiger partial charge in [0.1, 0.15) is 10.7 Å². The number of carbonyl (C=O) groups is 3. The van der Waals surface area contributed by atoms with Crippen LogP contribution in [0.25, 0.3) is 10.1 Å². The van der Waals surface area contributed by atoms with Crippen LogP contribution in [0.15, 0.2) is 24.3 Å². The van der Waals surface area contributed by atoms with Gasteiger partial charge in [0.25, 0.3) is 5.91 Å². The first-order valence-corrected chi connectivity index (χ1v) is 6.69. The van der Waals surface area contributed by atoms with Crippen molar-refractivity contribution in [2.24, 2.45) is 5.73 Å². The minimum absolute atomic E-state index is 0.231. The molecule has 3 amide bonds. The average molecular weight is 310 g/mol. The van der Waals surface area contributed by atoms with Gasteiger partial charge in [0.05, 0.1) is 0 Å². The van der Waals surface area contributed by atoms with Crippen LogP contribution in [0.4, 0.5) is 9.18 Å². The number of hydrogen-bond acceptors (Lipinski definition) is 5. The minimum atomic E-state index is -1.17. The Bertz CT molecular complexity index is 728. The Kier molecular flexibility index (Phi) is 4.18. The van der Waals surface area contributed by atoms with E-state index in [9.17, 15) is 18.8 Å². The third-order valence-electron chi connectivity index (χ3n) is 2.58. The first-order valence-electron chi connectivity index (χ1n) is 5.87. The van der Waals surface area contributed by atoms with Gasteiger partial charge in [-0.1, -0.05) is 0 Å². The van der Waals surface area contributed by atoms with Crippen LogP contribution < -0.4 is 11.1 Å². The summed E-state index contributed by atoms with van der Waals surface area (Å²) >= 11 is 1.12. The molecule has 0 saturated heterocycles. The summed E-state index contributed by atoms with van der Waals surface area (Å²) < 4.78 is 18.7. The van der Waals surface area contributed by atoms with E-state index >= 15 is 0 Å². The van der Waals surface area contributed by atoms with E-state index in [0.29, 0.717) is 5.39 Å². The molecular formula is C13H11FN2O4S. The van der Waals surface area contributed by atoms with Crippen LogP contribution in [-0.4, -0.2) is 24.0 Å². The topological polar surface area (TPSA) is 98.5 Å². The van der Waals surface area contributed by atoms with E-state index < -0.39 is 29.8 Å². The lowest BCUT2D eigenvalue weighted by Gasteiger charge is -2.10. The molecule has 2 aromatic rings. The Labute approximate surface area is 122 Å². The molecule has 6 nitrogen and oxygen atoms in total. The molecule has 0 unspecified atom stereocenters. The number of thiophene rings is 1. The maximum Gasteiger partial charge on any atom is 0.349 e. The van der Waals surface area contributed by atoms with E-state index in [2.05, 4.69) is 0 Å². The fourth-order valence-corrected chi connectivity index (χ4v) is 2.54. The number of primary amides is 1. The minimum Gasteiger partial charge on any atom is -0.448 e. The molecule has 0 aliphatic heterocycles. The Morgan fingerprint density at radius 2 is 2.05 bits per heavy atom. The lowest BCUT2D eigenvalue weighted by atomic mass is 10.2. The highest BCUT2D eigenvalue weighted by atomic mass is 32.1. The summed E-state index contributed by atoms with van der Waals surface area (Å²) in [6, 6.07) is 4.59. The third kappa shape index (κ3) is 3.54. The summed E-state index contributed by atoms with van der Waals surface area (Å²) in [5.74, 6) is -1.96. The number of rotatable bonds is 3. The number of benzene rings is 1. The number of halogens is 1. The van der Waals surface area contributed by atoms with E-state index in [1.54, 1.807) is 6.07 Å². The molecule has 0 aliphatic rings. The first kappa shape index (κ1) is 14.9. The molecule has 110 valence electrons. The van der Waals surface area contributed by atoms with Gasteiger partial charge in [0, 0.05) is 4.70 Å². The number of urea groups is 1. The Hall–Kier alpha value is -2.48. The largest absolute Gasteiger partial charge is 0.448 e. The Balaban J connectivity index is 2.11. The average Bonchev–Trinajstić information content (AvgIpc) is 2.80. The summed E-state index contributed by atoms with van der Waals surface area (Å²) in [5.41, 5.74) is 4.79. The van der Waals surface area contributed by atoms with Crippen molar-refractivity contribution in [2.75, 3.05) is 0 Å². The summed E-state index contributed by atoms with van der Waals surface area (Å²) in [5, 5.41) is 2.38. The van der Waals surface area contributed by atoms with Gasteiger partial charge in [-0.25, -0.2) is 14.0 Å². The number of imide groups is 1. The van der Waals surface area contributed by atoms with Crippen molar-refractivity contribution in [3.63, 3.8) is 0 Å². The number of esters is 1. The number of hydrogen-bond donors (Lipinski definition) is 2. The molecule has 3 N–H and O–H groups in total. The number of ether oxygens (including phenoxy) is 1. The normalized spacial score (nSPS) is 11.9. The van der Waals surface area contributed by atoms with Crippen LogP contribution in [0.1, 0.15) is 16.6 Å². The summed E-state index contributed by atoms with van der Waals surface area (Å²) in [7, 11) is 0. The van der Waals surface area contributed by atoms with Crippen LogP contribution in [0.2, 0.25) is 0 Å². The second kappa shape index (κ2) is 5.88. The van der Waals surface area contributed by atoms with Crippen LogP contribution in [0, 0.1) is 5.82 Å². The molecule has 1 aromatic carbocycles. The van der Waals surface area contributed by atoms with Crippen molar-refractivity contribution in [1.29, 1.82) is 0 Å². The van der Waals surface area contributed by atoms with Gasteiger partial charge in [0.2, 0.25) is 0 Å². The fourth-order valence-electron chi connectivity index (χ4n) is 1.61. The fraction of sp³-hybridized carbons (Fsp3) is 0.154. The molecule has 0 aliphatic carbocycles. The maximum absolute atomic E-state index is 13.1. The van der Waals surface area contributed by atoms with E-state index in [4.69, 9.17) is 10.5 Å². The number of nitrogens with two attached hydrogens (primary N) is 1. The van der Waals surface area contributed by atoms with Crippen LogP contribution >= 0.6 is 11.3 Å². The molecule has 8 heteroatoms. The highest BCUT2D eigenvalue weighted by Gasteiger charge is 2.21. The zero-order valence-corrected chi connectivity index (χ0v) is 11.7. The predicted octanol–water partition coefficient (Wildman–Crippen LogP) is 1.78. The molecule has 0 spiro atoms. The standard InChI is InChI=1S/C13H11FN2O4S/c1-6(11(17)16-13(15)19)20-12(18)10-5-7-4-8(14)2-3-9(7)21-10/h2-6H,1H3,(H3,15,16,17,19)/t6-/m0/s1. The van der Waals surface area contributed by atoms with Gasteiger partial charge >= 0.3 is 12.0 Å². The second-order valence-corrected chi connectivity index (χ2v) is 5.28. The van der Waals surface area contributed by atoms with Crippen LogP contribution in [0.5, 0.6) is 0 Å². The van der Waals surface area contributed by atoms with Gasteiger partial charge in [-0.2, -0.15) is 0 Å². The number of nitrogens with one attached hydrogen (secondary N) is 1. The molecule has 21 heavy (non-hydrogen) atoms. The maximum atomic E-state index is 13.1. The Morgan fingerprint density at radius 1 is 1.33 bits per heavy atom. The lowest BCUT2D eigenvalue weighted by molar-refractivity contribution is -0.127. The SMILES string of the molecule is C[C@H](OC(=O)c1cc2cc(F)ccc2s1)C(=O)NC(N)=O.